The van der Waals surface area contributed by atoms with Crippen LogP contribution in [0.15, 0.2) is 24.3 Å². The summed E-state index contributed by atoms with van der Waals surface area (Å²) in [7, 11) is 0. The van der Waals surface area contributed by atoms with Crippen LogP contribution in [-0.4, -0.2) is 19.0 Å². The van der Waals surface area contributed by atoms with Gasteiger partial charge >= 0.3 is 5.97 Å². The molecule has 80 valence electrons. The van der Waals surface area contributed by atoms with Gasteiger partial charge in [0.25, 0.3) is 6.47 Å². The first-order chi connectivity index (χ1) is 7.29. The van der Waals surface area contributed by atoms with Gasteiger partial charge in [0.15, 0.2) is 0 Å². The molecule has 1 aromatic carbocycles. The zero-order chi connectivity index (χ0) is 11.1. The van der Waals surface area contributed by atoms with Crippen molar-refractivity contribution in [3.63, 3.8) is 0 Å². The maximum Gasteiger partial charge on any atom is 0.341 e. The van der Waals surface area contributed by atoms with Gasteiger partial charge in [-0.3, -0.25) is 4.79 Å². The van der Waals surface area contributed by atoms with Gasteiger partial charge in [0.2, 0.25) is 0 Å². The Bertz CT molecular complexity index is 346. The average molecular weight is 208 g/mol. The van der Waals surface area contributed by atoms with Crippen LogP contribution in [0.4, 0.5) is 0 Å². The van der Waals surface area contributed by atoms with Crippen LogP contribution in [0.2, 0.25) is 0 Å². The minimum atomic E-state index is -0.477. The van der Waals surface area contributed by atoms with Crippen LogP contribution in [-0.2, 0) is 9.53 Å². The quantitative estimate of drug-likeness (QED) is 0.546. The largest absolute Gasteiger partial charge is 0.462 e. The summed E-state index contributed by atoms with van der Waals surface area (Å²) in [5, 5.41) is 0. The van der Waals surface area contributed by atoms with Gasteiger partial charge in [0.05, 0.1) is 6.61 Å². The molecule has 0 heterocycles. The topological polar surface area (TPSA) is 52.6 Å². The van der Waals surface area contributed by atoms with Gasteiger partial charge in [-0.15, -0.1) is 0 Å². The SMILES string of the molecule is CCCOC(=O)c1ccccc1OC=O. The lowest BCUT2D eigenvalue weighted by molar-refractivity contribution is -0.120. The highest BCUT2D eigenvalue weighted by atomic mass is 16.5. The molecule has 0 aliphatic carbocycles. The molecular formula is C11H12O4. The van der Waals surface area contributed by atoms with E-state index in [9.17, 15) is 9.59 Å². The highest BCUT2D eigenvalue weighted by molar-refractivity contribution is 5.92. The van der Waals surface area contributed by atoms with Crippen LogP contribution < -0.4 is 4.74 Å². The predicted octanol–water partition coefficient (Wildman–Crippen LogP) is 1.79. The lowest BCUT2D eigenvalue weighted by Crippen LogP contribution is -2.08. The Hall–Kier alpha value is -1.84. The van der Waals surface area contributed by atoms with Crippen molar-refractivity contribution in [1.29, 1.82) is 0 Å². The predicted molar refractivity (Wildman–Crippen MR) is 53.7 cm³/mol. The van der Waals surface area contributed by atoms with Crippen molar-refractivity contribution in [1.82, 2.24) is 0 Å². The Morgan fingerprint density at radius 3 is 2.80 bits per heavy atom. The summed E-state index contributed by atoms with van der Waals surface area (Å²) in [5.41, 5.74) is 0.262. The van der Waals surface area contributed by atoms with E-state index in [2.05, 4.69) is 4.74 Å². The Morgan fingerprint density at radius 2 is 2.13 bits per heavy atom. The van der Waals surface area contributed by atoms with Crippen LogP contribution in [0.3, 0.4) is 0 Å². The number of esters is 1. The van der Waals surface area contributed by atoms with Gasteiger partial charge in [0.1, 0.15) is 11.3 Å². The van der Waals surface area contributed by atoms with Crippen LogP contribution in [0.5, 0.6) is 5.75 Å². The van der Waals surface area contributed by atoms with Crippen molar-refractivity contribution < 1.29 is 19.1 Å². The Morgan fingerprint density at radius 1 is 1.40 bits per heavy atom. The van der Waals surface area contributed by atoms with E-state index >= 15 is 0 Å². The minimum Gasteiger partial charge on any atom is -0.462 e. The smallest absolute Gasteiger partial charge is 0.341 e. The van der Waals surface area contributed by atoms with Crippen molar-refractivity contribution >= 4 is 12.4 Å². The third-order valence-electron chi connectivity index (χ3n) is 1.72. The van der Waals surface area contributed by atoms with Gasteiger partial charge < -0.3 is 9.47 Å². The second kappa shape index (κ2) is 5.80. The molecule has 0 amide bonds. The molecule has 1 aromatic rings. The molecule has 0 N–H and O–H groups in total. The summed E-state index contributed by atoms with van der Waals surface area (Å²) in [6.45, 7) is 2.54. The molecule has 0 radical (unpaired) electrons. The molecule has 0 bridgehead atoms. The highest BCUT2D eigenvalue weighted by Crippen LogP contribution is 2.18. The molecule has 0 aromatic heterocycles. The average Bonchev–Trinajstić information content (AvgIpc) is 2.27. The molecule has 1 rings (SSSR count). The van der Waals surface area contributed by atoms with Gasteiger partial charge in [-0.1, -0.05) is 19.1 Å². The molecule has 0 atom stereocenters. The highest BCUT2D eigenvalue weighted by Gasteiger charge is 2.12. The van der Waals surface area contributed by atoms with E-state index in [-0.39, 0.29) is 17.8 Å². The lowest BCUT2D eigenvalue weighted by Gasteiger charge is -2.06. The van der Waals surface area contributed by atoms with Crippen molar-refractivity contribution in [2.45, 2.75) is 13.3 Å². The monoisotopic (exact) mass is 208 g/mol. The fourth-order valence-electron chi connectivity index (χ4n) is 1.06. The molecule has 0 aliphatic rings. The number of hydrogen-bond acceptors (Lipinski definition) is 4. The second-order valence-corrected chi connectivity index (χ2v) is 2.85. The summed E-state index contributed by atoms with van der Waals surface area (Å²) in [6, 6.07) is 6.45. The first-order valence-electron chi connectivity index (χ1n) is 4.66. The van der Waals surface area contributed by atoms with Gasteiger partial charge in [0, 0.05) is 0 Å². The number of carbonyl (C=O) groups excluding carboxylic acids is 2. The van der Waals surface area contributed by atoms with Crippen molar-refractivity contribution in [3.05, 3.63) is 29.8 Å². The zero-order valence-electron chi connectivity index (χ0n) is 8.43. The van der Waals surface area contributed by atoms with E-state index in [0.717, 1.165) is 6.42 Å². The molecule has 4 heteroatoms. The summed E-state index contributed by atoms with van der Waals surface area (Å²) in [5.74, 6) is -0.261. The minimum absolute atomic E-state index is 0.216. The zero-order valence-corrected chi connectivity index (χ0v) is 8.43. The fraction of sp³-hybridized carbons (Fsp3) is 0.273. The molecule has 4 nitrogen and oxygen atoms in total. The molecule has 0 fully saturated rings. The van der Waals surface area contributed by atoms with Gasteiger partial charge in [-0.25, -0.2) is 4.79 Å². The van der Waals surface area contributed by atoms with Crippen molar-refractivity contribution in [3.8, 4) is 5.75 Å². The van der Waals surface area contributed by atoms with Crippen LogP contribution in [0.25, 0.3) is 0 Å². The molecular weight excluding hydrogens is 196 g/mol. The molecule has 15 heavy (non-hydrogen) atoms. The number of rotatable bonds is 5. The number of hydrogen-bond donors (Lipinski definition) is 0. The first-order valence-corrected chi connectivity index (χ1v) is 4.66. The van der Waals surface area contributed by atoms with Crippen molar-refractivity contribution in [2.24, 2.45) is 0 Å². The molecule has 0 saturated heterocycles. The van der Waals surface area contributed by atoms with Gasteiger partial charge in [-0.05, 0) is 18.6 Å². The fourth-order valence-corrected chi connectivity index (χ4v) is 1.06. The molecule has 0 unspecified atom stereocenters. The summed E-state index contributed by atoms with van der Waals surface area (Å²) in [6.07, 6.45) is 0.752. The molecule has 0 saturated carbocycles. The van der Waals surface area contributed by atoms with Crippen LogP contribution >= 0.6 is 0 Å². The number of benzene rings is 1. The number of ether oxygens (including phenoxy) is 2. The third-order valence-corrected chi connectivity index (χ3v) is 1.72. The first kappa shape index (κ1) is 11.2. The van der Waals surface area contributed by atoms with E-state index in [1.54, 1.807) is 18.2 Å². The molecule has 0 aliphatic heterocycles. The summed E-state index contributed by atoms with van der Waals surface area (Å²) >= 11 is 0. The Balaban J connectivity index is 2.82. The number of para-hydroxylation sites is 1. The summed E-state index contributed by atoms with van der Waals surface area (Å²) in [4.78, 5) is 21.7. The second-order valence-electron chi connectivity index (χ2n) is 2.85. The standard InChI is InChI=1S/C11H12O4/c1-2-7-14-11(13)9-5-3-4-6-10(9)15-8-12/h3-6,8H,2,7H2,1H3. The van der Waals surface area contributed by atoms with Crippen molar-refractivity contribution in [2.75, 3.05) is 6.61 Å². The van der Waals surface area contributed by atoms with E-state index in [1.807, 2.05) is 6.92 Å². The lowest BCUT2D eigenvalue weighted by atomic mass is 10.2. The van der Waals surface area contributed by atoms with E-state index in [0.29, 0.717) is 6.61 Å². The molecule has 0 spiro atoms. The van der Waals surface area contributed by atoms with E-state index in [1.165, 1.54) is 6.07 Å². The summed E-state index contributed by atoms with van der Waals surface area (Å²) < 4.78 is 9.59. The third kappa shape index (κ3) is 3.09. The maximum atomic E-state index is 11.5. The van der Waals surface area contributed by atoms with Crippen LogP contribution in [0.1, 0.15) is 23.7 Å². The van der Waals surface area contributed by atoms with Gasteiger partial charge in [-0.2, -0.15) is 0 Å². The normalized spacial score (nSPS) is 9.40. The van der Waals surface area contributed by atoms with E-state index < -0.39 is 5.97 Å². The Kier molecular flexibility index (Phi) is 4.34. The Labute approximate surface area is 87.8 Å². The maximum absolute atomic E-state index is 11.5. The van der Waals surface area contributed by atoms with Crippen LogP contribution in [0, 0.1) is 0 Å². The van der Waals surface area contributed by atoms with E-state index in [4.69, 9.17) is 4.74 Å². The number of carbonyl (C=O) groups is 2.